The van der Waals surface area contributed by atoms with E-state index in [-0.39, 0.29) is 0 Å². The maximum atomic E-state index is 2.29. The molecule has 0 saturated carbocycles. The van der Waals surface area contributed by atoms with Crippen molar-refractivity contribution in [2.75, 3.05) is 0 Å². The predicted molar refractivity (Wildman–Crippen MR) is 171 cm³/mol. The molecule has 0 fully saturated rings. The van der Waals surface area contributed by atoms with Crippen molar-refractivity contribution in [1.29, 1.82) is 0 Å². The Balaban J connectivity index is 0.000000155. The van der Waals surface area contributed by atoms with Gasteiger partial charge in [-0.1, -0.05) is 0 Å². The normalized spacial score (nSPS) is 10.6. The Morgan fingerprint density at radius 1 is 0.184 bits per heavy atom. The molecule has 0 aliphatic rings. The Labute approximate surface area is 241 Å². The van der Waals surface area contributed by atoms with Crippen molar-refractivity contribution in [2.24, 2.45) is 0 Å². The van der Waals surface area contributed by atoms with E-state index in [9.17, 15) is 0 Å². The fraction of sp³-hybridized carbons (Fsp3) is 0. The summed E-state index contributed by atoms with van der Waals surface area (Å²) in [6.45, 7) is 0. The molecule has 0 amide bonds. The van der Waals surface area contributed by atoms with Crippen LogP contribution in [0.2, 0.25) is 0 Å². The van der Waals surface area contributed by atoms with Crippen molar-refractivity contribution >= 4 is 61.0 Å². The third-order valence-electron chi connectivity index (χ3n) is 6.80. The summed E-state index contributed by atoms with van der Waals surface area (Å²) in [6.07, 6.45) is 0. The van der Waals surface area contributed by atoms with Crippen molar-refractivity contribution < 1.29 is 0 Å². The first-order valence-electron chi connectivity index (χ1n) is 13.2. The molecular formula is C36H32Sn2. The van der Waals surface area contributed by atoms with Gasteiger partial charge in [0.15, 0.2) is 0 Å². The molecule has 6 aromatic carbocycles. The second kappa shape index (κ2) is 14.2. The van der Waals surface area contributed by atoms with Crippen molar-refractivity contribution in [3.63, 3.8) is 0 Å². The van der Waals surface area contributed by atoms with Crippen molar-refractivity contribution in [2.45, 2.75) is 0 Å². The Morgan fingerprint density at radius 3 is 0.447 bits per heavy atom. The minimum atomic E-state index is -2.14. The minimum absolute atomic E-state index is 1.54. The zero-order valence-electron chi connectivity index (χ0n) is 21.5. The van der Waals surface area contributed by atoms with Crippen LogP contribution in [0.1, 0.15) is 0 Å². The summed E-state index contributed by atoms with van der Waals surface area (Å²) < 4.78 is 9.26. The Hall–Kier alpha value is -3.08. The van der Waals surface area contributed by atoms with E-state index in [0.717, 1.165) is 0 Å². The average molecular weight is 702 g/mol. The fourth-order valence-electron chi connectivity index (χ4n) is 5.03. The molecule has 6 aromatic rings. The monoisotopic (exact) mass is 704 g/mol. The molecule has 0 aliphatic heterocycles. The summed E-state index contributed by atoms with van der Waals surface area (Å²) in [5.74, 6) is 0. The average Bonchev–Trinajstić information content (AvgIpc) is 3.01. The molecule has 0 radical (unpaired) electrons. The van der Waals surface area contributed by atoms with Gasteiger partial charge in [0, 0.05) is 0 Å². The van der Waals surface area contributed by atoms with Crippen molar-refractivity contribution in [3.8, 4) is 0 Å². The first kappa shape index (κ1) is 26.5. The number of benzene rings is 6. The van der Waals surface area contributed by atoms with Gasteiger partial charge in [-0.25, -0.2) is 0 Å². The van der Waals surface area contributed by atoms with Crippen molar-refractivity contribution in [3.05, 3.63) is 182 Å². The van der Waals surface area contributed by atoms with Crippen LogP contribution < -0.4 is 21.5 Å². The summed E-state index contributed by atoms with van der Waals surface area (Å²) >= 11 is -4.27. The van der Waals surface area contributed by atoms with E-state index in [1.54, 1.807) is 21.5 Å². The van der Waals surface area contributed by atoms with E-state index in [4.69, 9.17) is 0 Å². The number of hydrogen-bond acceptors (Lipinski definition) is 0. The van der Waals surface area contributed by atoms with E-state index in [1.807, 2.05) is 0 Å². The standard InChI is InChI=1S/6C6H5.2Sn.2H/c6*1-2-4-6-5-3-1;;;;/h6*1-5H;;;;. The second-order valence-electron chi connectivity index (χ2n) is 9.33. The number of rotatable bonds is 6. The van der Waals surface area contributed by atoms with Gasteiger partial charge in [-0.15, -0.1) is 0 Å². The van der Waals surface area contributed by atoms with Gasteiger partial charge in [-0.3, -0.25) is 0 Å². The molecule has 0 aliphatic carbocycles. The SMILES string of the molecule is c1cc[c]([SnH]([c]2ccccc2)[c]2ccccc2)cc1.c1cc[c]([SnH]([c]2ccccc2)[c]2ccccc2)cc1. The quantitative estimate of drug-likeness (QED) is 0.232. The first-order valence-corrected chi connectivity index (χ1v) is 23.1. The molecule has 0 nitrogen and oxygen atoms in total. The molecule has 0 unspecified atom stereocenters. The van der Waals surface area contributed by atoms with Crippen LogP contribution >= 0.6 is 0 Å². The van der Waals surface area contributed by atoms with Gasteiger partial charge >= 0.3 is 243 Å². The van der Waals surface area contributed by atoms with Crippen LogP contribution in [0.3, 0.4) is 0 Å². The Bertz CT molecular complexity index is 1170. The van der Waals surface area contributed by atoms with E-state index < -0.39 is 39.5 Å². The van der Waals surface area contributed by atoms with Crippen LogP contribution in [-0.4, -0.2) is 39.5 Å². The Kier molecular flexibility index (Phi) is 9.89. The molecule has 184 valence electrons. The van der Waals surface area contributed by atoms with Gasteiger partial charge in [0.2, 0.25) is 0 Å². The van der Waals surface area contributed by atoms with Gasteiger partial charge in [0.25, 0.3) is 0 Å². The zero-order valence-corrected chi connectivity index (χ0v) is 28.1. The summed E-state index contributed by atoms with van der Waals surface area (Å²) in [4.78, 5) is 0. The summed E-state index contributed by atoms with van der Waals surface area (Å²) in [6, 6.07) is 66.0. The molecule has 0 N–H and O–H groups in total. The topological polar surface area (TPSA) is 0 Å². The molecule has 0 spiro atoms. The third-order valence-corrected chi connectivity index (χ3v) is 24.8. The van der Waals surface area contributed by atoms with Gasteiger partial charge in [0.1, 0.15) is 0 Å². The maximum absolute atomic E-state index is 2.29. The molecule has 0 heterocycles. The summed E-state index contributed by atoms with van der Waals surface area (Å²) in [5.41, 5.74) is 0. The molecule has 38 heavy (non-hydrogen) atoms. The van der Waals surface area contributed by atoms with Crippen LogP contribution in [0.4, 0.5) is 0 Å². The second-order valence-corrected chi connectivity index (χ2v) is 25.7. The predicted octanol–water partition coefficient (Wildman–Crippen LogP) is 3.87. The van der Waals surface area contributed by atoms with Crippen LogP contribution in [-0.2, 0) is 0 Å². The fourth-order valence-corrected chi connectivity index (χ4v) is 22.0. The number of hydrogen-bond donors (Lipinski definition) is 0. The zero-order chi connectivity index (χ0) is 25.8. The molecule has 0 bridgehead atoms. The van der Waals surface area contributed by atoms with E-state index in [2.05, 4.69) is 182 Å². The summed E-state index contributed by atoms with van der Waals surface area (Å²) in [5, 5.41) is 0. The van der Waals surface area contributed by atoms with E-state index >= 15 is 0 Å². The van der Waals surface area contributed by atoms with Gasteiger partial charge in [0.05, 0.1) is 0 Å². The summed E-state index contributed by atoms with van der Waals surface area (Å²) in [7, 11) is 0. The van der Waals surface area contributed by atoms with E-state index in [1.165, 1.54) is 0 Å². The van der Waals surface area contributed by atoms with Gasteiger partial charge in [-0.2, -0.15) is 0 Å². The molecule has 6 rings (SSSR count). The molecule has 0 saturated heterocycles. The Morgan fingerprint density at radius 2 is 0.316 bits per heavy atom. The molecule has 0 aromatic heterocycles. The van der Waals surface area contributed by atoms with E-state index in [0.29, 0.717) is 0 Å². The molecular weight excluding hydrogens is 670 g/mol. The van der Waals surface area contributed by atoms with Crippen LogP contribution in [0, 0.1) is 0 Å². The van der Waals surface area contributed by atoms with Gasteiger partial charge in [-0.05, 0) is 0 Å². The molecule has 2 heteroatoms. The van der Waals surface area contributed by atoms with Crippen LogP contribution in [0.25, 0.3) is 0 Å². The van der Waals surface area contributed by atoms with Crippen LogP contribution in [0.5, 0.6) is 0 Å². The van der Waals surface area contributed by atoms with Crippen molar-refractivity contribution in [1.82, 2.24) is 0 Å². The third kappa shape index (κ3) is 7.06. The molecule has 0 atom stereocenters. The van der Waals surface area contributed by atoms with Crippen LogP contribution in [0.15, 0.2) is 182 Å². The first-order chi connectivity index (χ1) is 18.9. The van der Waals surface area contributed by atoms with Gasteiger partial charge < -0.3 is 0 Å².